The van der Waals surface area contributed by atoms with Crippen LogP contribution in [0.1, 0.15) is 16.4 Å². The van der Waals surface area contributed by atoms with Gasteiger partial charge in [0.2, 0.25) is 0 Å². The maximum absolute atomic E-state index is 9.47. The zero-order valence-corrected chi connectivity index (χ0v) is 30.9. The molecule has 58 heavy (non-hydrogen) atoms. The molecular formula is C56H38N2. The fourth-order valence-electron chi connectivity index (χ4n) is 8.05. The lowest BCUT2D eigenvalue weighted by Crippen LogP contribution is -2.10. The number of benzene rings is 10. The third-order valence-corrected chi connectivity index (χ3v) is 10.8. The molecule has 0 unspecified atom stereocenters. The van der Waals surface area contributed by atoms with E-state index in [-0.39, 0.29) is 27.4 Å². The van der Waals surface area contributed by atoms with Crippen molar-refractivity contribution in [2.75, 3.05) is 4.90 Å². The molecule has 10 aromatic carbocycles. The first-order valence-corrected chi connectivity index (χ1v) is 18.9. The molecule has 0 bridgehead atoms. The van der Waals surface area contributed by atoms with E-state index in [1.165, 1.54) is 16.2 Å². The molecule has 0 saturated carbocycles. The predicted octanol–water partition coefficient (Wildman–Crippen LogP) is 15.6. The van der Waals surface area contributed by atoms with Crippen LogP contribution < -0.4 is 4.90 Å². The minimum Gasteiger partial charge on any atom is -0.310 e. The molecule has 1 heterocycles. The van der Waals surface area contributed by atoms with Gasteiger partial charge in [-0.2, -0.15) is 0 Å². The van der Waals surface area contributed by atoms with Crippen molar-refractivity contribution in [3.05, 3.63) is 230 Å². The zero-order valence-electron chi connectivity index (χ0n) is 42.9. The monoisotopic (exact) mass is 750 g/mol. The standard InChI is InChI=1S/C56H38N2/c1-3-13-39(14-4-1)40-27-32-47(33-28-40)57(48-34-29-41(30-35-48)43-31-36-51-45(37-43)26-25-42-15-7-8-20-50(42)51)49-19-11-16-44(38-49)52-22-12-24-55-56(52)53-21-9-10-23-54(53)58(55)46-17-5-2-6-18-46/h1-38H/i2D,5D,6D,9D,10D,12D,17D,18D,21D,22D,23D,24D. The Morgan fingerprint density at radius 3 is 1.79 bits per heavy atom. The van der Waals surface area contributed by atoms with E-state index in [1.54, 1.807) is 12.1 Å². The number of hydrogen-bond acceptors (Lipinski definition) is 1. The topological polar surface area (TPSA) is 8.17 Å². The molecule has 0 saturated heterocycles. The van der Waals surface area contributed by atoms with Gasteiger partial charge in [0.15, 0.2) is 0 Å². The second-order valence-corrected chi connectivity index (χ2v) is 14.1. The number of nitrogens with zero attached hydrogens (tertiary/aromatic N) is 2. The molecule has 2 heteroatoms. The first-order chi connectivity index (χ1) is 33.7. The van der Waals surface area contributed by atoms with E-state index in [9.17, 15) is 5.48 Å². The SMILES string of the molecule is [2H]c1c([2H])c([2H])c(-n2c3c([2H])c([2H])c([2H])c([2H])c3c3c(-c4cccc(N(c5ccc(-c6ccccc6)cc5)c5ccc(-c6ccc7c(ccc8ccccc87)c6)cc5)c4)c([2H])c([2H])c([2H])c32)c([2H])c1[2H]. The highest BCUT2D eigenvalue weighted by molar-refractivity contribution is 6.16. The molecule has 0 N–H and O–H groups in total. The fraction of sp³-hybridized carbons (Fsp3) is 0. The smallest absolute Gasteiger partial charge is 0.0645 e. The highest BCUT2D eigenvalue weighted by Gasteiger charge is 2.18. The number of fused-ring (bicyclic) bond motifs is 6. The number of rotatable bonds is 7. The molecule has 1 aromatic heterocycles. The van der Waals surface area contributed by atoms with Gasteiger partial charge in [-0.3, -0.25) is 0 Å². The summed E-state index contributed by atoms with van der Waals surface area (Å²) in [5, 5.41) is 4.55. The van der Waals surface area contributed by atoms with Gasteiger partial charge in [-0.25, -0.2) is 0 Å². The van der Waals surface area contributed by atoms with Crippen molar-refractivity contribution in [2.45, 2.75) is 0 Å². The van der Waals surface area contributed by atoms with Crippen molar-refractivity contribution in [3.63, 3.8) is 0 Å². The maximum atomic E-state index is 9.47. The van der Waals surface area contributed by atoms with Crippen LogP contribution in [0.25, 0.3) is 82.4 Å². The first-order valence-electron chi connectivity index (χ1n) is 24.9. The maximum Gasteiger partial charge on any atom is 0.0645 e. The summed E-state index contributed by atoms with van der Waals surface area (Å²) in [6, 6.07) is 45.5. The molecule has 0 fully saturated rings. The number of hydrogen-bond donors (Lipinski definition) is 0. The molecular weight excluding hydrogens is 701 g/mol. The van der Waals surface area contributed by atoms with Crippen LogP contribution in [0, 0.1) is 0 Å². The Morgan fingerprint density at radius 1 is 0.362 bits per heavy atom. The average molecular weight is 751 g/mol. The summed E-state index contributed by atoms with van der Waals surface area (Å²) in [4.78, 5) is 2.05. The Kier molecular flexibility index (Phi) is 5.70. The highest BCUT2D eigenvalue weighted by atomic mass is 15.1. The molecule has 0 atom stereocenters. The molecule has 0 aliphatic rings. The van der Waals surface area contributed by atoms with Crippen LogP contribution in [-0.4, -0.2) is 4.57 Å². The molecule has 272 valence electrons. The highest BCUT2D eigenvalue weighted by Crippen LogP contribution is 2.42. The van der Waals surface area contributed by atoms with Crippen LogP contribution in [0.15, 0.2) is 230 Å². The summed E-state index contributed by atoms with van der Waals surface area (Å²) >= 11 is 0. The van der Waals surface area contributed by atoms with Crippen molar-refractivity contribution < 1.29 is 16.4 Å². The number of anilines is 3. The van der Waals surface area contributed by atoms with Gasteiger partial charge in [0.05, 0.1) is 27.5 Å². The van der Waals surface area contributed by atoms with Crippen molar-refractivity contribution in [1.29, 1.82) is 0 Å². The van der Waals surface area contributed by atoms with Crippen LogP contribution in [-0.2, 0) is 0 Å². The third-order valence-electron chi connectivity index (χ3n) is 10.8. The average Bonchev–Trinajstić information content (AvgIpc) is 3.74. The summed E-state index contributed by atoms with van der Waals surface area (Å²) in [7, 11) is 0. The predicted molar refractivity (Wildman–Crippen MR) is 247 cm³/mol. The molecule has 11 rings (SSSR count). The minimum absolute atomic E-state index is 0.00320. The van der Waals surface area contributed by atoms with Gasteiger partial charge in [-0.05, 0) is 122 Å². The van der Waals surface area contributed by atoms with E-state index in [0.717, 1.165) is 43.6 Å². The van der Waals surface area contributed by atoms with Gasteiger partial charge in [0.25, 0.3) is 0 Å². The van der Waals surface area contributed by atoms with Crippen molar-refractivity contribution in [2.24, 2.45) is 0 Å². The molecule has 0 radical (unpaired) electrons. The van der Waals surface area contributed by atoms with Crippen LogP contribution in [0.5, 0.6) is 0 Å². The molecule has 0 aliphatic carbocycles. The van der Waals surface area contributed by atoms with Crippen LogP contribution in [0.3, 0.4) is 0 Å². The lowest BCUT2D eigenvalue weighted by atomic mass is 9.97. The van der Waals surface area contributed by atoms with Crippen LogP contribution >= 0.6 is 0 Å². The Morgan fingerprint density at radius 2 is 0.983 bits per heavy atom. The van der Waals surface area contributed by atoms with E-state index < -0.39 is 78.2 Å². The number of para-hydroxylation sites is 2. The van der Waals surface area contributed by atoms with Gasteiger partial charge >= 0.3 is 0 Å². The molecule has 0 spiro atoms. The lowest BCUT2D eigenvalue weighted by molar-refractivity contribution is 1.18. The van der Waals surface area contributed by atoms with E-state index in [4.69, 9.17) is 11.0 Å². The Bertz CT molecular complexity index is 3940. The van der Waals surface area contributed by atoms with Gasteiger partial charge in [-0.15, -0.1) is 0 Å². The minimum atomic E-state index is -0.689. The third kappa shape index (κ3) is 5.82. The Balaban J connectivity index is 1.13. The fourth-order valence-corrected chi connectivity index (χ4v) is 8.05. The van der Waals surface area contributed by atoms with Crippen LogP contribution in [0.2, 0.25) is 0 Å². The van der Waals surface area contributed by atoms with Crippen molar-refractivity contribution in [1.82, 2.24) is 4.57 Å². The quantitative estimate of drug-likeness (QED) is 0.147. The van der Waals surface area contributed by atoms with E-state index in [1.807, 2.05) is 91.0 Å². The second kappa shape index (κ2) is 14.1. The summed E-state index contributed by atoms with van der Waals surface area (Å²) in [5.74, 6) is 0. The normalized spacial score (nSPS) is 14.3. The van der Waals surface area contributed by atoms with E-state index in [0.29, 0.717) is 11.3 Å². The van der Waals surface area contributed by atoms with Gasteiger partial charge in [0, 0.05) is 33.5 Å². The molecule has 2 nitrogen and oxygen atoms in total. The first kappa shape index (κ1) is 23.4. The largest absolute Gasteiger partial charge is 0.310 e. The van der Waals surface area contributed by atoms with E-state index >= 15 is 0 Å². The van der Waals surface area contributed by atoms with Crippen molar-refractivity contribution in [3.8, 4) is 39.1 Å². The summed E-state index contributed by atoms with van der Waals surface area (Å²) in [6.07, 6.45) is 0. The van der Waals surface area contributed by atoms with Gasteiger partial charge < -0.3 is 9.47 Å². The van der Waals surface area contributed by atoms with E-state index in [2.05, 4.69) is 59.5 Å². The molecule has 0 amide bonds. The lowest BCUT2D eigenvalue weighted by Gasteiger charge is -2.26. The Labute approximate surface area is 355 Å². The summed E-state index contributed by atoms with van der Waals surface area (Å²) in [6.45, 7) is 0. The summed E-state index contributed by atoms with van der Waals surface area (Å²) < 4.78 is 108. The second-order valence-electron chi connectivity index (χ2n) is 14.1. The van der Waals surface area contributed by atoms with Gasteiger partial charge in [0.1, 0.15) is 0 Å². The van der Waals surface area contributed by atoms with Gasteiger partial charge in [-0.1, -0.05) is 164 Å². The molecule has 0 aliphatic heterocycles. The number of aromatic nitrogens is 1. The Hall–Kier alpha value is -7.68. The van der Waals surface area contributed by atoms with Crippen LogP contribution in [0.4, 0.5) is 17.1 Å². The van der Waals surface area contributed by atoms with Crippen molar-refractivity contribution >= 4 is 60.4 Å². The molecule has 11 aromatic rings. The zero-order chi connectivity index (χ0) is 48.9. The summed E-state index contributed by atoms with van der Waals surface area (Å²) in [5.41, 5.74) is 5.88.